The van der Waals surface area contributed by atoms with Crippen LogP contribution in [0.5, 0.6) is 0 Å². The van der Waals surface area contributed by atoms with Crippen LogP contribution in [-0.4, -0.2) is 70.4 Å². The second kappa shape index (κ2) is 6.42. The lowest BCUT2D eigenvalue weighted by Gasteiger charge is -2.53. The van der Waals surface area contributed by atoms with Crippen LogP contribution in [-0.2, 0) is 16.5 Å². The zero-order valence-electron chi connectivity index (χ0n) is 15.7. The minimum absolute atomic E-state index is 0.143. The maximum absolute atomic E-state index is 12.6. The van der Waals surface area contributed by atoms with Crippen LogP contribution in [0.25, 0.3) is 0 Å². The first-order chi connectivity index (χ1) is 12.1. The highest BCUT2D eigenvalue weighted by molar-refractivity contribution is 5.94. The summed E-state index contributed by atoms with van der Waals surface area (Å²) in [5, 5.41) is 0. The molecule has 0 atom stereocenters. The normalized spacial score (nSPS) is 19.2. The predicted molar refractivity (Wildman–Crippen MR) is 94.1 cm³/mol. The lowest BCUT2D eigenvalue weighted by molar-refractivity contribution is -0.168. The summed E-state index contributed by atoms with van der Waals surface area (Å²) in [6.45, 7) is 7.41. The third-order valence-electron chi connectivity index (χ3n) is 4.50. The second-order valence-corrected chi connectivity index (χ2v) is 7.93. The van der Waals surface area contributed by atoms with E-state index in [0.717, 1.165) is 0 Å². The Morgan fingerprint density at radius 3 is 2.50 bits per heavy atom. The van der Waals surface area contributed by atoms with E-state index in [4.69, 9.17) is 9.47 Å². The number of likely N-dealkylation sites (tertiary alicyclic amines) is 1. The first-order valence-electron chi connectivity index (χ1n) is 8.67. The Morgan fingerprint density at radius 1 is 1.19 bits per heavy atom. The molecular formula is C18H25N3O5. The summed E-state index contributed by atoms with van der Waals surface area (Å²) in [6.07, 6.45) is 1.24. The summed E-state index contributed by atoms with van der Waals surface area (Å²) in [5.41, 5.74) is -1.31. The van der Waals surface area contributed by atoms with E-state index >= 15 is 0 Å². The van der Waals surface area contributed by atoms with Crippen LogP contribution in [0.2, 0.25) is 0 Å². The van der Waals surface area contributed by atoms with Crippen molar-refractivity contribution in [3.8, 4) is 0 Å². The van der Waals surface area contributed by atoms with Crippen molar-refractivity contribution < 1.29 is 19.1 Å². The number of aromatic nitrogens is 1. The number of nitrogens with zero attached hydrogens (tertiary/aromatic N) is 3. The number of morpholine rings is 1. The van der Waals surface area contributed by atoms with Crippen LogP contribution in [0.3, 0.4) is 0 Å². The zero-order chi connectivity index (χ0) is 19.1. The van der Waals surface area contributed by atoms with Crippen LogP contribution in [0.1, 0.15) is 31.1 Å². The molecule has 0 N–H and O–H groups in total. The van der Waals surface area contributed by atoms with E-state index in [2.05, 4.69) is 0 Å². The molecule has 0 unspecified atom stereocenters. The summed E-state index contributed by atoms with van der Waals surface area (Å²) >= 11 is 0. The number of hydrogen-bond acceptors (Lipinski definition) is 5. The predicted octanol–water partition coefficient (Wildman–Crippen LogP) is 0.847. The van der Waals surface area contributed by atoms with Gasteiger partial charge in [0.1, 0.15) is 16.8 Å². The van der Waals surface area contributed by atoms with Gasteiger partial charge < -0.3 is 23.8 Å². The van der Waals surface area contributed by atoms with E-state index in [0.29, 0.717) is 32.8 Å². The SMILES string of the molecule is Cn1cccc(C(=O)N2CC3(CN(C(=O)OC(C)(C)C)CCO3)C2)c1=O. The molecule has 2 fully saturated rings. The van der Waals surface area contributed by atoms with Crippen LogP contribution in [0.4, 0.5) is 4.79 Å². The van der Waals surface area contributed by atoms with Crippen LogP contribution < -0.4 is 5.56 Å². The number of pyridine rings is 1. The molecule has 142 valence electrons. The molecule has 3 heterocycles. The van der Waals surface area contributed by atoms with Crippen LogP contribution in [0, 0.1) is 0 Å². The molecule has 2 amide bonds. The van der Waals surface area contributed by atoms with Gasteiger partial charge in [0.2, 0.25) is 0 Å². The topological polar surface area (TPSA) is 81.1 Å². The fraction of sp³-hybridized carbons (Fsp3) is 0.611. The van der Waals surface area contributed by atoms with Gasteiger partial charge in [-0.25, -0.2) is 4.79 Å². The van der Waals surface area contributed by atoms with Crippen LogP contribution in [0.15, 0.2) is 23.1 Å². The van der Waals surface area contributed by atoms with Crippen molar-refractivity contribution in [3.63, 3.8) is 0 Å². The molecule has 1 aromatic heterocycles. The molecule has 0 bridgehead atoms. The number of carbonyl (C=O) groups is 2. The molecule has 2 saturated heterocycles. The maximum Gasteiger partial charge on any atom is 0.410 e. The molecule has 1 spiro atoms. The highest BCUT2D eigenvalue weighted by Crippen LogP contribution is 2.30. The molecule has 0 aliphatic carbocycles. The Balaban J connectivity index is 1.64. The zero-order valence-corrected chi connectivity index (χ0v) is 15.7. The second-order valence-electron chi connectivity index (χ2n) is 7.93. The van der Waals surface area contributed by atoms with E-state index in [9.17, 15) is 14.4 Å². The molecular weight excluding hydrogens is 338 g/mol. The number of ether oxygens (including phenoxy) is 2. The average Bonchev–Trinajstić information content (AvgIpc) is 2.53. The molecule has 8 nitrogen and oxygen atoms in total. The van der Waals surface area contributed by atoms with E-state index in [1.54, 1.807) is 29.1 Å². The van der Waals surface area contributed by atoms with Gasteiger partial charge in [-0.05, 0) is 32.9 Å². The van der Waals surface area contributed by atoms with Gasteiger partial charge in [-0.1, -0.05) is 0 Å². The summed E-state index contributed by atoms with van der Waals surface area (Å²) in [5.74, 6) is -0.310. The third-order valence-corrected chi connectivity index (χ3v) is 4.50. The van der Waals surface area contributed by atoms with Gasteiger partial charge >= 0.3 is 6.09 Å². The number of hydrogen-bond donors (Lipinski definition) is 0. The summed E-state index contributed by atoms with van der Waals surface area (Å²) in [7, 11) is 1.61. The van der Waals surface area contributed by atoms with Gasteiger partial charge in [-0.15, -0.1) is 0 Å². The Labute approximate surface area is 152 Å². The molecule has 2 aliphatic heterocycles. The van der Waals surface area contributed by atoms with Crippen molar-refractivity contribution >= 4 is 12.0 Å². The summed E-state index contributed by atoms with van der Waals surface area (Å²) in [4.78, 5) is 40.2. The number of aryl methyl sites for hydroxylation is 1. The minimum Gasteiger partial charge on any atom is -0.444 e. The Kier molecular flexibility index (Phi) is 4.56. The number of rotatable bonds is 1. The van der Waals surface area contributed by atoms with E-state index < -0.39 is 11.2 Å². The number of amides is 2. The average molecular weight is 363 g/mol. The fourth-order valence-corrected chi connectivity index (χ4v) is 3.24. The Morgan fingerprint density at radius 2 is 1.85 bits per heavy atom. The molecule has 3 rings (SSSR count). The molecule has 0 saturated carbocycles. The van der Waals surface area contributed by atoms with E-state index in [1.807, 2.05) is 20.8 Å². The monoisotopic (exact) mass is 363 g/mol. The largest absolute Gasteiger partial charge is 0.444 e. The molecule has 0 radical (unpaired) electrons. The summed E-state index contributed by atoms with van der Waals surface area (Å²) in [6, 6.07) is 3.20. The minimum atomic E-state index is -0.579. The van der Waals surface area contributed by atoms with E-state index in [1.165, 1.54) is 10.6 Å². The van der Waals surface area contributed by atoms with Crippen molar-refractivity contribution in [3.05, 3.63) is 34.2 Å². The highest BCUT2D eigenvalue weighted by Gasteiger charge is 2.50. The quantitative estimate of drug-likeness (QED) is 0.739. The maximum atomic E-state index is 12.6. The van der Waals surface area contributed by atoms with Crippen LogP contribution >= 0.6 is 0 Å². The molecule has 0 aromatic carbocycles. The first-order valence-corrected chi connectivity index (χ1v) is 8.67. The molecule has 8 heteroatoms. The smallest absolute Gasteiger partial charge is 0.410 e. The van der Waals surface area contributed by atoms with Crippen molar-refractivity contribution in [2.24, 2.45) is 7.05 Å². The van der Waals surface area contributed by atoms with Crippen molar-refractivity contribution in [1.29, 1.82) is 0 Å². The van der Waals surface area contributed by atoms with Gasteiger partial charge in [0, 0.05) is 19.8 Å². The van der Waals surface area contributed by atoms with Crippen molar-refractivity contribution in [2.45, 2.75) is 32.0 Å². The van der Waals surface area contributed by atoms with Crippen molar-refractivity contribution in [2.75, 3.05) is 32.8 Å². The van der Waals surface area contributed by atoms with Gasteiger partial charge in [-0.3, -0.25) is 9.59 Å². The Hall–Kier alpha value is -2.35. The van der Waals surface area contributed by atoms with Gasteiger partial charge in [0.05, 0.1) is 26.2 Å². The van der Waals surface area contributed by atoms with Crippen molar-refractivity contribution in [1.82, 2.24) is 14.4 Å². The van der Waals surface area contributed by atoms with E-state index in [-0.39, 0.29) is 23.1 Å². The lowest BCUT2D eigenvalue weighted by atomic mass is 9.91. The molecule has 26 heavy (non-hydrogen) atoms. The molecule has 1 aromatic rings. The lowest BCUT2D eigenvalue weighted by Crippen LogP contribution is -2.71. The Bertz CT molecular complexity index is 774. The first kappa shape index (κ1) is 18.4. The summed E-state index contributed by atoms with van der Waals surface area (Å²) < 4.78 is 12.7. The highest BCUT2D eigenvalue weighted by atomic mass is 16.6. The van der Waals surface area contributed by atoms with Gasteiger partial charge in [0.25, 0.3) is 11.5 Å². The number of carbonyl (C=O) groups excluding carboxylic acids is 2. The standard InChI is InChI=1S/C18H25N3O5/c1-17(2,3)26-16(24)20-8-9-25-18(10-20)11-21(12-18)15(23)13-6-5-7-19(4)14(13)22/h5-7H,8-12H2,1-4H3. The fourth-order valence-electron chi connectivity index (χ4n) is 3.24. The van der Waals surface area contributed by atoms with Gasteiger partial charge in [-0.2, -0.15) is 0 Å². The third kappa shape index (κ3) is 3.60. The molecule has 2 aliphatic rings. The van der Waals surface area contributed by atoms with Gasteiger partial charge in [0.15, 0.2) is 0 Å².